The van der Waals surface area contributed by atoms with E-state index >= 15 is 0 Å². The molecule has 1 rings (SSSR count). The molecule has 1 amide bonds. The van der Waals surface area contributed by atoms with Gasteiger partial charge in [-0.25, -0.2) is 0 Å². The van der Waals surface area contributed by atoms with Crippen LogP contribution in [0.25, 0.3) is 0 Å². The van der Waals surface area contributed by atoms with Crippen molar-refractivity contribution in [2.75, 3.05) is 12.3 Å². The van der Waals surface area contributed by atoms with Gasteiger partial charge in [-0.05, 0) is 56.1 Å². The van der Waals surface area contributed by atoms with E-state index in [0.717, 1.165) is 5.56 Å². The Morgan fingerprint density at radius 3 is 2.32 bits per heavy atom. The number of carbonyl (C=O) groups excluding carboxylic acids is 1. The number of carbonyl (C=O) groups is 1. The summed E-state index contributed by atoms with van der Waals surface area (Å²) in [7, 11) is 0. The number of thioether (sulfide) groups is 1. The first kappa shape index (κ1) is 18.8. The van der Waals surface area contributed by atoms with Gasteiger partial charge < -0.3 is 10.4 Å². The number of rotatable bonds is 7. The molecule has 2 N–H and O–H groups in total. The maximum absolute atomic E-state index is 11.9. The Labute approximate surface area is 132 Å². The molecule has 7 heteroatoms. The van der Waals surface area contributed by atoms with Gasteiger partial charge in [-0.15, -0.1) is 0 Å². The number of hydrogen-bond acceptors (Lipinski definition) is 3. The van der Waals surface area contributed by atoms with Crippen molar-refractivity contribution in [2.45, 2.75) is 37.8 Å². The van der Waals surface area contributed by atoms with Crippen LogP contribution >= 0.6 is 11.8 Å². The van der Waals surface area contributed by atoms with E-state index in [4.69, 9.17) is 0 Å². The summed E-state index contributed by atoms with van der Waals surface area (Å²) in [6, 6.07) is 6.83. The highest BCUT2D eigenvalue weighted by Gasteiger charge is 2.27. The normalized spacial score (nSPS) is 12.3. The van der Waals surface area contributed by atoms with Crippen LogP contribution in [0, 0.1) is 0 Å². The largest absolute Gasteiger partial charge is 0.441 e. The summed E-state index contributed by atoms with van der Waals surface area (Å²) in [5.74, 6) is -0.601. The topological polar surface area (TPSA) is 49.3 Å². The van der Waals surface area contributed by atoms with Crippen LogP contribution in [0.4, 0.5) is 13.2 Å². The first-order chi connectivity index (χ1) is 10.1. The summed E-state index contributed by atoms with van der Waals surface area (Å²) in [5.41, 5.74) is -3.62. The minimum absolute atomic E-state index is 0.0382. The monoisotopic (exact) mass is 335 g/mol. The number of aliphatic hydroxyl groups is 1. The lowest BCUT2D eigenvalue weighted by atomic mass is 9.98. The number of hydrogen-bond donors (Lipinski definition) is 2. The van der Waals surface area contributed by atoms with Crippen LogP contribution in [0.5, 0.6) is 0 Å². The highest BCUT2D eigenvalue weighted by molar-refractivity contribution is 8.00. The predicted molar refractivity (Wildman–Crippen MR) is 81.9 cm³/mol. The van der Waals surface area contributed by atoms with Crippen LogP contribution in [-0.4, -0.2) is 34.4 Å². The van der Waals surface area contributed by atoms with Gasteiger partial charge in [0.1, 0.15) is 0 Å². The van der Waals surface area contributed by atoms with Crippen LogP contribution in [-0.2, 0) is 6.42 Å². The summed E-state index contributed by atoms with van der Waals surface area (Å²) in [5, 5.41) is 12.1. The van der Waals surface area contributed by atoms with E-state index in [1.54, 1.807) is 38.1 Å². The fourth-order valence-corrected chi connectivity index (χ4v) is 2.14. The Balaban J connectivity index is 2.40. The first-order valence-corrected chi connectivity index (χ1v) is 7.86. The Kier molecular flexibility index (Phi) is 6.74. The van der Waals surface area contributed by atoms with Crippen molar-refractivity contribution in [2.24, 2.45) is 0 Å². The standard InChI is InChI=1S/C15H20F3NO2S/c1-14(2,21)8-7-11-3-5-12(6-4-11)13(20)19-9-10-22-15(16,17)18/h3-6,21H,7-10H2,1-2H3,(H,19,20). The zero-order valence-corrected chi connectivity index (χ0v) is 13.4. The molecule has 0 aliphatic heterocycles. The SMILES string of the molecule is CC(C)(O)CCc1ccc(C(=O)NCCSC(F)(F)F)cc1. The van der Waals surface area contributed by atoms with Gasteiger partial charge in [0.2, 0.25) is 0 Å². The highest BCUT2D eigenvalue weighted by atomic mass is 32.2. The molecule has 1 aromatic rings. The predicted octanol–water partition coefficient (Wildman–Crippen LogP) is 3.37. The minimum atomic E-state index is -4.27. The number of benzene rings is 1. The Morgan fingerprint density at radius 2 is 1.82 bits per heavy atom. The number of aryl methyl sites for hydroxylation is 1. The Morgan fingerprint density at radius 1 is 1.23 bits per heavy atom. The lowest BCUT2D eigenvalue weighted by molar-refractivity contribution is -0.0327. The second kappa shape index (κ2) is 7.87. The quantitative estimate of drug-likeness (QED) is 0.751. The van der Waals surface area contributed by atoms with E-state index in [0.29, 0.717) is 18.4 Å². The van der Waals surface area contributed by atoms with Crippen LogP contribution in [0.2, 0.25) is 0 Å². The zero-order chi connectivity index (χ0) is 16.8. The van der Waals surface area contributed by atoms with Gasteiger partial charge in [0, 0.05) is 17.9 Å². The molecule has 0 spiro atoms. The minimum Gasteiger partial charge on any atom is -0.390 e. The van der Waals surface area contributed by atoms with E-state index < -0.39 is 17.0 Å². The number of nitrogens with one attached hydrogen (secondary N) is 1. The molecule has 0 saturated heterocycles. The van der Waals surface area contributed by atoms with Crippen molar-refractivity contribution < 1.29 is 23.1 Å². The summed E-state index contributed by atoms with van der Waals surface area (Å²) < 4.78 is 35.8. The van der Waals surface area contributed by atoms with Crippen molar-refractivity contribution in [3.05, 3.63) is 35.4 Å². The van der Waals surface area contributed by atoms with Crippen LogP contribution in [0.15, 0.2) is 24.3 Å². The molecule has 0 atom stereocenters. The third kappa shape index (κ3) is 8.29. The summed E-state index contributed by atoms with van der Waals surface area (Å²) in [6.07, 6.45) is 1.29. The molecular weight excluding hydrogens is 315 g/mol. The van der Waals surface area contributed by atoms with Gasteiger partial charge >= 0.3 is 5.51 Å². The average molecular weight is 335 g/mol. The second-order valence-electron chi connectivity index (χ2n) is 5.56. The molecule has 3 nitrogen and oxygen atoms in total. The molecule has 0 aliphatic rings. The molecular formula is C15H20F3NO2S. The fraction of sp³-hybridized carbons (Fsp3) is 0.533. The lowest BCUT2D eigenvalue weighted by Gasteiger charge is -2.16. The van der Waals surface area contributed by atoms with Crippen LogP contribution in [0.1, 0.15) is 36.2 Å². The fourth-order valence-electron chi connectivity index (χ4n) is 1.71. The van der Waals surface area contributed by atoms with E-state index in [-0.39, 0.29) is 24.1 Å². The zero-order valence-electron chi connectivity index (χ0n) is 12.5. The first-order valence-electron chi connectivity index (χ1n) is 6.87. The van der Waals surface area contributed by atoms with E-state index in [2.05, 4.69) is 5.32 Å². The second-order valence-corrected chi connectivity index (χ2v) is 6.72. The molecule has 22 heavy (non-hydrogen) atoms. The van der Waals surface area contributed by atoms with Crippen molar-refractivity contribution in [1.29, 1.82) is 0 Å². The average Bonchev–Trinajstić information content (AvgIpc) is 2.40. The molecule has 0 saturated carbocycles. The molecule has 1 aromatic carbocycles. The van der Waals surface area contributed by atoms with Crippen molar-refractivity contribution in [1.82, 2.24) is 5.32 Å². The van der Waals surface area contributed by atoms with Gasteiger partial charge in [-0.1, -0.05) is 12.1 Å². The Hall–Kier alpha value is -1.21. The van der Waals surface area contributed by atoms with Gasteiger partial charge in [-0.2, -0.15) is 13.2 Å². The van der Waals surface area contributed by atoms with Crippen molar-refractivity contribution in [3.63, 3.8) is 0 Å². The van der Waals surface area contributed by atoms with Gasteiger partial charge in [-0.3, -0.25) is 4.79 Å². The smallest absolute Gasteiger partial charge is 0.390 e. The summed E-state index contributed by atoms with van der Waals surface area (Å²) >= 11 is -0.156. The molecule has 0 bridgehead atoms. The third-order valence-corrected chi connectivity index (χ3v) is 3.63. The summed E-state index contributed by atoms with van der Waals surface area (Å²) in [4.78, 5) is 11.8. The molecule has 0 radical (unpaired) electrons. The van der Waals surface area contributed by atoms with Crippen LogP contribution in [0.3, 0.4) is 0 Å². The van der Waals surface area contributed by atoms with E-state index in [9.17, 15) is 23.1 Å². The number of amides is 1. The summed E-state index contributed by atoms with van der Waals surface area (Å²) in [6.45, 7) is 3.42. The Bertz CT molecular complexity index is 481. The van der Waals surface area contributed by atoms with Crippen molar-refractivity contribution >= 4 is 17.7 Å². The molecule has 0 fully saturated rings. The third-order valence-electron chi connectivity index (χ3n) is 2.89. The highest BCUT2D eigenvalue weighted by Crippen LogP contribution is 2.29. The molecule has 0 unspecified atom stereocenters. The lowest BCUT2D eigenvalue weighted by Crippen LogP contribution is -2.26. The van der Waals surface area contributed by atoms with Crippen molar-refractivity contribution in [3.8, 4) is 0 Å². The molecule has 124 valence electrons. The van der Waals surface area contributed by atoms with E-state index in [1.165, 1.54) is 0 Å². The van der Waals surface area contributed by atoms with Gasteiger partial charge in [0.05, 0.1) is 5.60 Å². The number of halogens is 3. The van der Waals surface area contributed by atoms with Gasteiger partial charge in [0.15, 0.2) is 0 Å². The van der Waals surface area contributed by atoms with Crippen LogP contribution < -0.4 is 5.32 Å². The molecule has 0 aromatic heterocycles. The number of alkyl halides is 3. The van der Waals surface area contributed by atoms with Gasteiger partial charge in [0.25, 0.3) is 5.91 Å². The molecule has 0 heterocycles. The maximum Gasteiger partial charge on any atom is 0.441 e. The van der Waals surface area contributed by atoms with E-state index in [1.807, 2.05) is 0 Å². The maximum atomic E-state index is 11.9. The molecule has 0 aliphatic carbocycles.